The first-order chi connectivity index (χ1) is 16.5. The first-order valence-corrected chi connectivity index (χ1v) is 12.0. The van der Waals surface area contributed by atoms with E-state index in [0.717, 1.165) is 29.6 Å². The second-order valence-electron chi connectivity index (χ2n) is 8.86. The van der Waals surface area contributed by atoms with Crippen LogP contribution in [-0.4, -0.2) is 70.7 Å². The van der Waals surface area contributed by atoms with Crippen LogP contribution in [0.3, 0.4) is 0 Å². The number of hydrogen-bond donors (Lipinski definition) is 1. The first kappa shape index (κ1) is 22.7. The number of carbonyl (C=O) groups excluding carboxylic acids is 2. The molecule has 0 unspecified atom stereocenters. The SMILES string of the molecule is Cc1c(Cl)cccc1NC(=O)N1CCC(c2ccn3ncc(C(=O)N4CCOCC4)c3c2)CC1. The minimum atomic E-state index is -0.103. The number of ether oxygens (including phenoxy) is 1. The summed E-state index contributed by atoms with van der Waals surface area (Å²) in [5.41, 5.74) is 4.23. The Morgan fingerprint density at radius 1 is 1.09 bits per heavy atom. The van der Waals surface area contributed by atoms with Crippen LogP contribution < -0.4 is 5.32 Å². The second-order valence-corrected chi connectivity index (χ2v) is 9.26. The molecule has 0 bridgehead atoms. The number of amides is 3. The number of halogens is 1. The molecule has 3 amide bonds. The zero-order valence-electron chi connectivity index (χ0n) is 19.2. The molecule has 0 saturated carbocycles. The molecule has 2 fully saturated rings. The maximum Gasteiger partial charge on any atom is 0.321 e. The molecule has 34 heavy (non-hydrogen) atoms. The van der Waals surface area contributed by atoms with E-state index in [1.807, 2.05) is 41.1 Å². The smallest absolute Gasteiger partial charge is 0.321 e. The van der Waals surface area contributed by atoms with Crippen LogP contribution in [0.25, 0.3) is 5.52 Å². The molecule has 0 radical (unpaired) electrons. The van der Waals surface area contributed by atoms with Crippen LogP contribution in [0.15, 0.2) is 42.7 Å². The number of hydrogen-bond acceptors (Lipinski definition) is 4. The van der Waals surface area contributed by atoms with Crippen molar-refractivity contribution in [3.05, 3.63) is 64.4 Å². The van der Waals surface area contributed by atoms with Crippen molar-refractivity contribution in [3.63, 3.8) is 0 Å². The number of morpholine rings is 1. The van der Waals surface area contributed by atoms with Gasteiger partial charge in [-0.2, -0.15) is 5.10 Å². The van der Waals surface area contributed by atoms with Crippen LogP contribution in [-0.2, 0) is 4.74 Å². The third kappa shape index (κ3) is 4.48. The summed E-state index contributed by atoms with van der Waals surface area (Å²) in [5.74, 6) is 0.321. The zero-order valence-corrected chi connectivity index (χ0v) is 19.9. The van der Waals surface area contributed by atoms with Crippen molar-refractivity contribution >= 4 is 34.7 Å². The van der Waals surface area contributed by atoms with Crippen LogP contribution in [0.2, 0.25) is 5.02 Å². The number of aromatic nitrogens is 2. The minimum Gasteiger partial charge on any atom is -0.378 e. The number of benzene rings is 1. The lowest BCUT2D eigenvalue weighted by Crippen LogP contribution is -2.40. The Kier molecular flexibility index (Phi) is 6.43. The van der Waals surface area contributed by atoms with Crippen LogP contribution in [0.1, 0.15) is 40.2 Å². The first-order valence-electron chi connectivity index (χ1n) is 11.7. The summed E-state index contributed by atoms with van der Waals surface area (Å²) in [4.78, 5) is 29.5. The lowest BCUT2D eigenvalue weighted by atomic mass is 9.89. The number of urea groups is 1. The maximum absolute atomic E-state index is 13.0. The molecule has 2 aliphatic rings. The van der Waals surface area contributed by atoms with E-state index in [1.165, 1.54) is 5.56 Å². The number of anilines is 1. The van der Waals surface area contributed by atoms with Gasteiger partial charge < -0.3 is 19.9 Å². The molecule has 3 aromatic rings. The van der Waals surface area contributed by atoms with E-state index >= 15 is 0 Å². The van der Waals surface area contributed by atoms with Gasteiger partial charge >= 0.3 is 6.03 Å². The van der Waals surface area contributed by atoms with Gasteiger partial charge in [-0.05, 0) is 61.1 Å². The summed E-state index contributed by atoms with van der Waals surface area (Å²) < 4.78 is 7.13. The molecule has 2 aromatic heterocycles. The average Bonchev–Trinajstić information content (AvgIpc) is 3.30. The summed E-state index contributed by atoms with van der Waals surface area (Å²) in [6.45, 7) is 5.57. The average molecular weight is 482 g/mol. The van der Waals surface area contributed by atoms with Gasteiger partial charge in [0.2, 0.25) is 0 Å². The fraction of sp³-hybridized carbons (Fsp3) is 0.400. The lowest BCUT2D eigenvalue weighted by Gasteiger charge is -2.32. The van der Waals surface area contributed by atoms with Gasteiger partial charge in [-0.1, -0.05) is 17.7 Å². The van der Waals surface area contributed by atoms with Crippen molar-refractivity contribution in [2.45, 2.75) is 25.7 Å². The van der Waals surface area contributed by atoms with Crippen molar-refractivity contribution < 1.29 is 14.3 Å². The van der Waals surface area contributed by atoms with Crippen molar-refractivity contribution in [1.82, 2.24) is 19.4 Å². The summed E-state index contributed by atoms with van der Waals surface area (Å²) in [6, 6.07) is 9.56. The Hall–Kier alpha value is -3.10. The highest BCUT2D eigenvalue weighted by atomic mass is 35.5. The van der Waals surface area contributed by atoms with Gasteiger partial charge in [0.05, 0.1) is 30.5 Å². The number of likely N-dealkylation sites (tertiary alicyclic amines) is 1. The van der Waals surface area contributed by atoms with Gasteiger partial charge in [-0.3, -0.25) is 4.79 Å². The molecule has 1 aromatic carbocycles. The number of fused-ring (bicyclic) bond motifs is 1. The predicted octanol–water partition coefficient (Wildman–Crippen LogP) is 4.18. The Morgan fingerprint density at radius 2 is 1.85 bits per heavy atom. The second kappa shape index (κ2) is 9.64. The summed E-state index contributed by atoms with van der Waals surface area (Å²) in [6.07, 6.45) is 5.29. The Bertz CT molecular complexity index is 1210. The molecular formula is C25H28ClN5O3. The molecule has 8 nitrogen and oxygen atoms in total. The number of pyridine rings is 1. The van der Waals surface area contributed by atoms with E-state index in [4.69, 9.17) is 16.3 Å². The van der Waals surface area contributed by atoms with E-state index in [2.05, 4.69) is 22.5 Å². The Balaban J connectivity index is 1.26. The highest BCUT2D eigenvalue weighted by Gasteiger charge is 2.26. The topological polar surface area (TPSA) is 79.2 Å². The van der Waals surface area contributed by atoms with E-state index in [0.29, 0.717) is 55.9 Å². The summed E-state index contributed by atoms with van der Waals surface area (Å²) in [7, 11) is 0. The number of piperidine rings is 1. The number of nitrogens with zero attached hydrogens (tertiary/aromatic N) is 4. The predicted molar refractivity (Wildman–Crippen MR) is 131 cm³/mol. The van der Waals surface area contributed by atoms with Gasteiger partial charge in [0, 0.05) is 43.1 Å². The fourth-order valence-electron chi connectivity index (χ4n) is 4.71. The molecule has 178 valence electrons. The number of rotatable bonds is 3. The van der Waals surface area contributed by atoms with Crippen LogP contribution in [0.4, 0.5) is 10.5 Å². The molecule has 9 heteroatoms. The highest BCUT2D eigenvalue weighted by Crippen LogP contribution is 2.30. The van der Waals surface area contributed by atoms with Crippen LogP contribution >= 0.6 is 11.6 Å². The molecule has 2 aliphatic heterocycles. The molecule has 0 aliphatic carbocycles. The van der Waals surface area contributed by atoms with Gasteiger partial charge in [0.15, 0.2) is 0 Å². The third-order valence-corrected chi connectivity index (χ3v) is 7.25. The van der Waals surface area contributed by atoms with E-state index in [1.54, 1.807) is 10.7 Å². The highest BCUT2D eigenvalue weighted by molar-refractivity contribution is 6.31. The van der Waals surface area contributed by atoms with E-state index in [9.17, 15) is 9.59 Å². The Morgan fingerprint density at radius 3 is 2.62 bits per heavy atom. The van der Waals surface area contributed by atoms with Gasteiger partial charge in [-0.25, -0.2) is 9.31 Å². The van der Waals surface area contributed by atoms with E-state index < -0.39 is 0 Å². The quantitative estimate of drug-likeness (QED) is 0.608. The standard InChI is InChI=1S/C25H28ClN5O3/c1-17-21(26)3-2-4-22(17)28-25(33)30-8-5-18(6-9-30)19-7-10-31-23(15-19)20(16-27-31)24(32)29-11-13-34-14-12-29/h2-4,7,10,15-16,18H,5-6,8-9,11-14H2,1H3,(H,28,33). The summed E-state index contributed by atoms with van der Waals surface area (Å²) >= 11 is 6.18. The molecule has 2 saturated heterocycles. The normalized spacial score (nSPS) is 17.2. The minimum absolute atomic E-state index is 0.00162. The Labute approximate surface area is 203 Å². The molecular weight excluding hydrogens is 454 g/mol. The third-order valence-electron chi connectivity index (χ3n) is 6.84. The van der Waals surface area contributed by atoms with Gasteiger partial charge in [0.1, 0.15) is 0 Å². The van der Waals surface area contributed by atoms with Crippen molar-refractivity contribution in [1.29, 1.82) is 0 Å². The zero-order chi connectivity index (χ0) is 23.7. The molecule has 0 spiro atoms. The van der Waals surface area contributed by atoms with Crippen molar-refractivity contribution in [2.75, 3.05) is 44.7 Å². The number of carbonyl (C=O) groups is 2. The molecule has 1 N–H and O–H groups in total. The largest absolute Gasteiger partial charge is 0.378 e. The van der Waals surface area contributed by atoms with Gasteiger partial charge in [0.25, 0.3) is 5.91 Å². The number of nitrogens with one attached hydrogen (secondary N) is 1. The summed E-state index contributed by atoms with van der Waals surface area (Å²) in [5, 5.41) is 8.00. The molecule has 0 atom stereocenters. The fourth-order valence-corrected chi connectivity index (χ4v) is 4.88. The van der Waals surface area contributed by atoms with Crippen LogP contribution in [0.5, 0.6) is 0 Å². The lowest BCUT2D eigenvalue weighted by molar-refractivity contribution is 0.0304. The van der Waals surface area contributed by atoms with Crippen molar-refractivity contribution in [2.24, 2.45) is 0 Å². The van der Waals surface area contributed by atoms with Crippen molar-refractivity contribution in [3.8, 4) is 0 Å². The molecule has 5 rings (SSSR count). The monoisotopic (exact) mass is 481 g/mol. The van der Waals surface area contributed by atoms with E-state index in [-0.39, 0.29) is 11.9 Å². The van der Waals surface area contributed by atoms with Crippen LogP contribution in [0, 0.1) is 6.92 Å². The molecule has 4 heterocycles. The maximum atomic E-state index is 13.0. The van der Waals surface area contributed by atoms with Gasteiger partial charge in [-0.15, -0.1) is 0 Å².